The van der Waals surface area contributed by atoms with Crippen LogP contribution in [0.15, 0.2) is 47.1 Å². The maximum Gasteiger partial charge on any atom is 0.239 e. The Kier molecular flexibility index (Phi) is 7.09. The van der Waals surface area contributed by atoms with Crippen molar-refractivity contribution < 1.29 is 9.59 Å². The van der Waals surface area contributed by atoms with Crippen molar-refractivity contribution >= 4 is 39.2 Å². The van der Waals surface area contributed by atoms with Gasteiger partial charge in [0.1, 0.15) is 5.82 Å². The number of carbonyl (C=O) groups excluding carboxylic acids is 2. The van der Waals surface area contributed by atoms with Crippen LogP contribution in [0.25, 0.3) is 0 Å². The molecule has 0 fully saturated rings. The summed E-state index contributed by atoms with van der Waals surface area (Å²) in [5.74, 6) is 0.287. The topological polar surface area (TPSA) is 74.3 Å². The molecule has 132 valence electrons. The van der Waals surface area contributed by atoms with Gasteiger partial charge < -0.3 is 10.6 Å². The van der Waals surface area contributed by atoms with Crippen LogP contribution in [-0.4, -0.2) is 41.8 Å². The summed E-state index contributed by atoms with van der Waals surface area (Å²) in [7, 11) is 1.80. The van der Waals surface area contributed by atoms with Gasteiger partial charge in [-0.05, 0) is 55.9 Å². The lowest BCUT2D eigenvalue weighted by Crippen LogP contribution is -2.32. The minimum absolute atomic E-state index is 0.0880. The molecule has 2 rings (SSSR count). The van der Waals surface area contributed by atoms with E-state index in [0.717, 1.165) is 15.7 Å². The zero-order valence-corrected chi connectivity index (χ0v) is 15.8. The van der Waals surface area contributed by atoms with E-state index in [4.69, 9.17) is 0 Å². The third-order valence-corrected chi connectivity index (χ3v) is 3.97. The van der Waals surface area contributed by atoms with Gasteiger partial charge in [-0.2, -0.15) is 0 Å². The van der Waals surface area contributed by atoms with Gasteiger partial charge in [-0.25, -0.2) is 4.98 Å². The van der Waals surface area contributed by atoms with Crippen LogP contribution in [-0.2, 0) is 9.59 Å². The number of rotatable bonds is 7. The van der Waals surface area contributed by atoms with Gasteiger partial charge >= 0.3 is 0 Å². The smallest absolute Gasteiger partial charge is 0.239 e. The molecule has 0 bridgehead atoms. The lowest BCUT2D eigenvalue weighted by Gasteiger charge is -2.16. The van der Waals surface area contributed by atoms with Crippen LogP contribution in [0.4, 0.5) is 11.5 Å². The Bertz CT molecular complexity index is 734. The highest BCUT2D eigenvalue weighted by Gasteiger charge is 2.10. The molecule has 0 aliphatic heterocycles. The first-order chi connectivity index (χ1) is 11.9. The SMILES string of the molecule is Cc1ccnc(NC(=O)CN(C)CCC(=O)Nc2ccc(Br)cc2)c1. The highest BCUT2D eigenvalue weighted by Crippen LogP contribution is 2.14. The zero-order chi connectivity index (χ0) is 18.2. The minimum Gasteiger partial charge on any atom is -0.326 e. The van der Waals surface area contributed by atoms with E-state index < -0.39 is 0 Å². The quantitative estimate of drug-likeness (QED) is 0.743. The number of likely N-dealkylation sites (N-methyl/N-ethyl adjacent to an activating group) is 1. The molecule has 7 heteroatoms. The predicted molar refractivity (Wildman–Crippen MR) is 102 cm³/mol. The molecule has 2 N–H and O–H groups in total. The number of aryl methyl sites for hydroxylation is 1. The van der Waals surface area contributed by atoms with Gasteiger partial charge in [0, 0.05) is 29.3 Å². The van der Waals surface area contributed by atoms with Crippen LogP contribution in [0.5, 0.6) is 0 Å². The molecule has 0 atom stereocenters. The average molecular weight is 405 g/mol. The van der Waals surface area contributed by atoms with Crippen LogP contribution in [0.2, 0.25) is 0 Å². The number of nitrogens with one attached hydrogen (secondary N) is 2. The predicted octanol–water partition coefficient (Wildman–Crippen LogP) is 3.05. The Morgan fingerprint density at radius 1 is 1.12 bits per heavy atom. The number of aromatic nitrogens is 1. The van der Waals surface area contributed by atoms with Crippen molar-refractivity contribution in [3.05, 3.63) is 52.6 Å². The zero-order valence-electron chi connectivity index (χ0n) is 14.3. The van der Waals surface area contributed by atoms with Crippen molar-refractivity contribution in [3.63, 3.8) is 0 Å². The molecule has 1 aromatic heterocycles. The highest BCUT2D eigenvalue weighted by molar-refractivity contribution is 9.10. The molecule has 0 saturated carbocycles. The monoisotopic (exact) mass is 404 g/mol. The van der Waals surface area contributed by atoms with Gasteiger partial charge in [0.2, 0.25) is 11.8 Å². The molecule has 25 heavy (non-hydrogen) atoms. The molecule has 2 amide bonds. The summed E-state index contributed by atoms with van der Waals surface area (Å²) in [6.07, 6.45) is 1.96. The number of carbonyl (C=O) groups is 2. The molecule has 6 nitrogen and oxygen atoms in total. The second-order valence-electron chi connectivity index (χ2n) is 5.81. The van der Waals surface area contributed by atoms with E-state index >= 15 is 0 Å². The number of hydrogen-bond donors (Lipinski definition) is 2. The largest absolute Gasteiger partial charge is 0.326 e. The summed E-state index contributed by atoms with van der Waals surface area (Å²) in [6, 6.07) is 11.1. The van der Waals surface area contributed by atoms with Gasteiger partial charge in [0.15, 0.2) is 0 Å². The van der Waals surface area contributed by atoms with E-state index in [0.29, 0.717) is 18.8 Å². The van der Waals surface area contributed by atoms with Crippen molar-refractivity contribution in [1.29, 1.82) is 0 Å². The van der Waals surface area contributed by atoms with E-state index in [1.54, 1.807) is 18.1 Å². The van der Waals surface area contributed by atoms with E-state index in [1.165, 1.54) is 0 Å². The summed E-state index contributed by atoms with van der Waals surface area (Å²) in [6.45, 7) is 2.62. The van der Waals surface area contributed by atoms with Crippen molar-refractivity contribution in [2.75, 3.05) is 30.8 Å². The van der Waals surface area contributed by atoms with Crippen molar-refractivity contribution in [3.8, 4) is 0 Å². The first kappa shape index (κ1) is 19.1. The van der Waals surface area contributed by atoms with Gasteiger partial charge in [-0.15, -0.1) is 0 Å². The molecule has 0 spiro atoms. The van der Waals surface area contributed by atoms with Crippen LogP contribution in [0.3, 0.4) is 0 Å². The van der Waals surface area contributed by atoms with Crippen molar-refractivity contribution in [2.45, 2.75) is 13.3 Å². The molecule has 1 aromatic carbocycles. The molecule has 2 aromatic rings. The lowest BCUT2D eigenvalue weighted by molar-refractivity contribution is -0.119. The number of nitrogens with zero attached hydrogens (tertiary/aromatic N) is 2. The second kappa shape index (κ2) is 9.29. The van der Waals surface area contributed by atoms with Crippen LogP contribution >= 0.6 is 15.9 Å². The Hall–Kier alpha value is -2.25. The summed E-state index contributed by atoms with van der Waals surface area (Å²) in [4.78, 5) is 29.9. The second-order valence-corrected chi connectivity index (χ2v) is 6.73. The lowest BCUT2D eigenvalue weighted by atomic mass is 10.3. The van der Waals surface area contributed by atoms with Crippen LogP contribution in [0, 0.1) is 6.92 Å². The van der Waals surface area contributed by atoms with Gasteiger partial charge in [0.25, 0.3) is 0 Å². The van der Waals surface area contributed by atoms with Gasteiger partial charge in [-0.3, -0.25) is 14.5 Å². The Balaban J connectivity index is 1.72. The molecule has 0 aliphatic carbocycles. The highest BCUT2D eigenvalue weighted by atomic mass is 79.9. The maximum absolute atomic E-state index is 12.0. The first-order valence-electron chi connectivity index (χ1n) is 7.89. The van der Waals surface area contributed by atoms with Crippen LogP contribution in [0.1, 0.15) is 12.0 Å². The molecule has 1 heterocycles. The molecule has 0 radical (unpaired) electrons. The Labute approximate surface area is 155 Å². The van der Waals surface area contributed by atoms with Gasteiger partial charge in [0.05, 0.1) is 6.54 Å². The number of anilines is 2. The Morgan fingerprint density at radius 3 is 2.52 bits per heavy atom. The first-order valence-corrected chi connectivity index (χ1v) is 8.68. The van der Waals surface area contributed by atoms with E-state index in [2.05, 4.69) is 31.5 Å². The number of halogens is 1. The summed E-state index contributed by atoms with van der Waals surface area (Å²) >= 11 is 3.35. The van der Waals surface area contributed by atoms with Crippen molar-refractivity contribution in [1.82, 2.24) is 9.88 Å². The summed E-state index contributed by atoms with van der Waals surface area (Å²) in [5, 5.41) is 5.58. The standard InChI is InChI=1S/C18H21BrN4O2/c1-13-7-9-20-16(11-13)22-18(25)12-23(2)10-8-17(24)21-15-5-3-14(19)4-6-15/h3-7,9,11H,8,10,12H2,1-2H3,(H,21,24)(H,20,22,25). The molecular formula is C18H21BrN4O2. The summed E-state index contributed by atoms with van der Waals surface area (Å²) in [5.41, 5.74) is 1.78. The third-order valence-electron chi connectivity index (χ3n) is 3.45. The fraction of sp³-hybridized carbons (Fsp3) is 0.278. The number of pyridine rings is 1. The third kappa shape index (κ3) is 7.03. The minimum atomic E-state index is -0.158. The fourth-order valence-electron chi connectivity index (χ4n) is 2.16. The molecule has 0 aliphatic rings. The van der Waals surface area contributed by atoms with Crippen molar-refractivity contribution in [2.24, 2.45) is 0 Å². The summed E-state index contributed by atoms with van der Waals surface area (Å²) < 4.78 is 0.958. The molecular weight excluding hydrogens is 384 g/mol. The fourth-order valence-corrected chi connectivity index (χ4v) is 2.42. The number of amides is 2. The normalized spacial score (nSPS) is 10.6. The van der Waals surface area contributed by atoms with E-state index in [-0.39, 0.29) is 18.4 Å². The molecule has 0 unspecified atom stereocenters. The van der Waals surface area contributed by atoms with Crippen LogP contribution < -0.4 is 10.6 Å². The van der Waals surface area contributed by atoms with E-state index in [1.807, 2.05) is 43.3 Å². The maximum atomic E-state index is 12.0. The van der Waals surface area contributed by atoms with E-state index in [9.17, 15) is 9.59 Å². The Morgan fingerprint density at radius 2 is 1.84 bits per heavy atom. The number of hydrogen-bond acceptors (Lipinski definition) is 4. The van der Waals surface area contributed by atoms with Gasteiger partial charge in [-0.1, -0.05) is 15.9 Å². The average Bonchev–Trinajstić information content (AvgIpc) is 2.55. The molecule has 0 saturated heterocycles. The number of benzene rings is 1.